The molecule has 1 atom stereocenters. The maximum Gasteiger partial charge on any atom is 0.0412 e. The molecule has 3 heteroatoms. The Morgan fingerprint density at radius 3 is 2.67 bits per heavy atom. The Bertz CT molecular complexity index is 366. The number of nitrogens with zero attached hydrogens (tertiary/aromatic N) is 1. The van der Waals surface area contributed by atoms with Crippen LogP contribution in [-0.2, 0) is 0 Å². The minimum Gasteiger partial charge on any atom is -0.374 e. The van der Waals surface area contributed by atoms with Crippen LogP contribution >= 0.6 is 15.9 Å². The summed E-state index contributed by atoms with van der Waals surface area (Å²) < 4.78 is 1.14. The van der Waals surface area contributed by atoms with Gasteiger partial charge in [-0.3, -0.25) is 0 Å². The zero-order chi connectivity index (χ0) is 13.5. The second-order valence-corrected chi connectivity index (χ2v) is 5.76. The molecule has 1 aromatic carbocycles. The molecule has 102 valence electrons. The summed E-state index contributed by atoms with van der Waals surface area (Å²) in [6.07, 6.45) is 3.84. The molecule has 2 nitrogen and oxygen atoms in total. The molecule has 0 fully saturated rings. The first-order valence-corrected chi connectivity index (χ1v) is 7.57. The van der Waals surface area contributed by atoms with Crippen molar-refractivity contribution in [3.63, 3.8) is 0 Å². The van der Waals surface area contributed by atoms with Crippen molar-refractivity contribution >= 4 is 21.6 Å². The molecule has 0 radical (unpaired) electrons. The van der Waals surface area contributed by atoms with Crippen molar-refractivity contribution in [1.82, 2.24) is 5.32 Å². The summed E-state index contributed by atoms with van der Waals surface area (Å²) in [6, 6.07) is 6.91. The molecule has 1 N–H and O–H groups in total. The van der Waals surface area contributed by atoms with E-state index in [1.54, 1.807) is 0 Å². The number of hydrogen-bond acceptors (Lipinski definition) is 2. The minimum absolute atomic E-state index is 0.367. The van der Waals surface area contributed by atoms with Crippen molar-refractivity contribution in [2.24, 2.45) is 0 Å². The maximum absolute atomic E-state index is 3.56. The number of hydrogen-bond donors (Lipinski definition) is 1. The lowest BCUT2D eigenvalue weighted by molar-refractivity contribution is 0.645. The Kier molecular flexibility index (Phi) is 6.72. The van der Waals surface area contributed by atoms with Crippen molar-refractivity contribution in [3.05, 3.63) is 28.2 Å². The third-order valence-corrected chi connectivity index (χ3v) is 3.89. The fourth-order valence-corrected chi connectivity index (χ4v) is 2.47. The third-order valence-electron chi connectivity index (χ3n) is 3.40. The van der Waals surface area contributed by atoms with Crippen molar-refractivity contribution in [1.29, 1.82) is 0 Å². The lowest BCUT2D eigenvalue weighted by Crippen LogP contribution is -2.22. The quantitative estimate of drug-likeness (QED) is 0.753. The first kappa shape index (κ1) is 15.5. The normalized spacial score (nSPS) is 12.5. The molecule has 1 aromatic rings. The summed E-state index contributed by atoms with van der Waals surface area (Å²) in [7, 11) is 4.19. The van der Waals surface area contributed by atoms with Crippen LogP contribution in [0.1, 0.15) is 44.7 Å². The summed E-state index contributed by atoms with van der Waals surface area (Å²) >= 11 is 3.56. The van der Waals surface area contributed by atoms with Gasteiger partial charge in [0.1, 0.15) is 0 Å². The molecule has 18 heavy (non-hydrogen) atoms. The van der Waals surface area contributed by atoms with E-state index in [-0.39, 0.29) is 0 Å². The van der Waals surface area contributed by atoms with E-state index in [9.17, 15) is 0 Å². The summed E-state index contributed by atoms with van der Waals surface area (Å²) in [5.74, 6) is 0. The highest BCUT2D eigenvalue weighted by Gasteiger charge is 2.12. The Hall–Kier alpha value is -0.540. The molecule has 1 unspecified atom stereocenters. The second-order valence-electron chi connectivity index (χ2n) is 4.84. The van der Waals surface area contributed by atoms with E-state index < -0.39 is 0 Å². The molecule has 0 spiro atoms. The predicted molar refractivity (Wildman–Crippen MR) is 84.4 cm³/mol. The largest absolute Gasteiger partial charge is 0.374 e. The second kappa shape index (κ2) is 7.80. The van der Waals surface area contributed by atoms with E-state index >= 15 is 0 Å². The standard InChI is InChI=1S/C15H25BrN2/c1-5-6-7-10-18(4)15-9-8-13(16)11-14(15)12(2)17-3/h8-9,11-12,17H,5-7,10H2,1-4H3. The smallest absolute Gasteiger partial charge is 0.0412 e. The highest BCUT2D eigenvalue weighted by Crippen LogP contribution is 2.29. The van der Waals surface area contributed by atoms with E-state index in [1.165, 1.54) is 30.5 Å². The highest BCUT2D eigenvalue weighted by atomic mass is 79.9. The Morgan fingerprint density at radius 2 is 2.06 bits per heavy atom. The van der Waals surface area contributed by atoms with Gasteiger partial charge in [0.05, 0.1) is 0 Å². The fourth-order valence-electron chi connectivity index (χ4n) is 2.09. The van der Waals surface area contributed by atoms with Crippen LogP contribution in [0.15, 0.2) is 22.7 Å². The summed E-state index contributed by atoms with van der Waals surface area (Å²) in [5.41, 5.74) is 2.68. The van der Waals surface area contributed by atoms with Gasteiger partial charge in [-0.2, -0.15) is 0 Å². The average molecular weight is 313 g/mol. The monoisotopic (exact) mass is 312 g/mol. The average Bonchev–Trinajstić information content (AvgIpc) is 2.37. The van der Waals surface area contributed by atoms with Crippen LogP contribution in [0.25, 0.3) is 0 Å². The van der Waals surface area contributed by atoms with Gasteiger partial charge in [0, 0.05) is 29.8 Å². The summed E-state index contributed by atoms with van der Waals surface area (Å²) in [6.45, 7) is 5.57. The molecule has 0 bridgehead atoms. The van der Waals surface area contributed by atoms with Gasteiger partial charge in [-0.25, -0.2) is 0 Å². The number of nitrogens with one attached hydrogen (secondary N) is 1. The van der Waals surface area contributed by atoms with E-state index in [0.717, 1.165) is 11.0 Å². The van der Waals surface area contributed by atoms with E-state index in [0.29, 0.717) is 6.04 Å². The molecule has 0 saturated carbocycles. The van der Waals surface area contributed by atoms with Crippen LogP contribution in [0.3, 0.4) is 0 Å². The van der Waals surface area contributed by atoms with Crippen LogP contribution in [0.4, 0.5) is 5.69 Å². The first-order chi connectivity index (χ1) is 8.60. The van der Waals surface area contributed by atoms with Gasteiger partial charge in [0.15, 0.2) is 0 Å². The number of rotatable bonds is 7. The molecule has 0 aromatic heterocycles. The summed E-state index contributed by atoms with van der Waals surface area (Å²) in [5, 5.41) is 3.32. The number of halogens is 1. The molecule has 0 amide bonds. The van der Waals surface area contributed by atoms with E-state index in [1.807, 2.05) is 7.05 Å². The van der Waals surface area contributed by atoms with Crippen molar-refractivity contribution < 1.29 is 0 Å². The molecule has 0 aliphatic carbocycles. The maximum atomic E-state index is 3.56. The molecule has 0 aliphatic heterocycles. The molecular weight excluding hydrogens is 288 g/mol. The van der Waals surface area contributed by atoms with Gasteiger partial charge >= 0.3 is 0 Å². The topological polar surface area (TPSA) is 15.3 Å². The molecular formula is C15H25BrN2. The molecule has 0 saturated heterocycles. The van der Waals surface area contributed by atoms with E-state index in [2.05, 4.69) is 65.2 Å². The summed E-state index contributed by atoms with van der Waals surface area (Å²) in [4.78, 5) is 2.37. The van der Waals surface area contributed by atoms with Gasteiger partial charge in [-0.15, -0.1) is 0 Å². The van der Waals surface area contributed by atoms with Crippen molar-refractivity contribution in [2.75, 3.05) is 25.5 Å². The molecule has 0 heterocycles. The van der Waals surface area contributed by atoms with Gasteiger partial charge in [-0.05, 0) is 44.2 Å². The lowest BCUT2D eigenvalue weighted by Gasteiger charge is -2.25. The fraction of sp³-hybridized carbons (Fsp3) is 0.600. The lowest BCUT2D eigenvalue weighted by atomic mass is 10.1. The Labute approximate surface area is 120 Å². The van der Waals surface area contributed by atoms with Gasteiger partial charge in [-0.1, -0.05) is 35.7 Å². The molecule has 0 aliphatic rings. The predicted octanol–water partition coefficient (Wildman–Crippen LogP) is 4.36. The van der Waals surface area contributed by atoms with Gasteiger partial charge in [0.2, 0.25) is 0 Å². The number of anilines is 1. The zero-order valence-electron chi connectivity index (χ0n) is 12.0. The Morgan fingerprint density at radius 1 is 1.33 bits per heavy atom. The number of unbranched alkanes of at least 4 members (excludes halogenated alkanes) is 2. The van der Waals surface area contributed by atoms with Gasteiger partial charge in [0.25, 0.3) is 0 Å². The zero-order valence-corrected chi connectivity index (χ0v) is 13.5. The van der Waals surface area contributed by atoms with Crippen LogP contribution in [0.2, 0.25) is 0 Å². The van der Waals surface area contributed by atoms with Gasteiger partial charge < -0.3 is 10.2 Å². The number of benzene rings is 1. The van der Waals surface area contributed by atoms with Crippen LogP contribution in [0, 0.1) is 0 Å². The van der Waals surface area contributed by atoms with Crippen LogP contribution in [-0.4, -0.2) is 20.6 Å². The third kappa shape index (κ3) is 4.29. The van der Waals surface area contributed by atoms with Crippen molar-refractivity contribution in [2.45, 2.75) is 39.2 Å². The first-order valence-electron chi connectivity index (χ1n) is 6.78. The minimum atomic E-state index is 0.367. The van der Waals surface area contributed by atoms with Crippen LogP contribution < -0.4 is 10.2 Å². The highest BCUT2D eigenvalue weighted by molar-refractivity contribution is 9.10. The Balaban J connectivity index is 2.85. The van der Waals surface area contributed by atoms with E-state index in [4.69, 9.17) is 0 Å². The van der Waals surface area contributed by atoms with Crippen molar-refractivity contribution in [3.8, 4) is 0 Å². The SMILES string of the molecule is CCCCCN(C)c1ccc(Br)cc1C(C)NC. The van der Waals surface area contributed by atoms with Crippen LogP contribution in [0.5, 0.6) is 0 Å². The molecule has 1 rings (SSSR count).